The second-order valence-electron chi connectivity index (χ2n) is 6.31. The van der Waals surface area contributed by atoms with Crippen LogP contribution >= 0.6 is 0 Å². The average Bonchev–Trinajstić information content (AvgIpc) is 3.13. The molecule has 1 aliphatic heterocycles. The fourth-order valence-electron chi connectivity index (χ4n) is 3.17. The van der Waals surface area contributed by atoms with E-state index in [0.717, 1.165) is 18.5 Å². The van der Waals surface area contributed by atoms with Crippen LogP contribution < -0.4 is 0 Å². The van der Waals surface area contributed by atoms with Crippen LogP contribution in [0.1, 0.15) is 53.0 Å². The number of rotatable bonds is 3. The highest BCUT2D eigenvalue weighted by molar-refractivity contribution is 5.92. The lowest BCUT2D eigenvalue weighted by atomic mass is 10.0. The molecular weight excluding hydrogens is 299 g/mol. The molecule has 1 amide bonds. The summed E-state index contributed by atoms with van der Waals surface area (Å²) in [6.07, 6.45) is 1.92. The molecule has 2 unspecified atom stereocenters. The molecule has 5 nitrogen and oxygen atoms in total. The van der Waals surface area contributed by atoms with Gasteiger partial charge in [-0.15, -0.1) is 0 Å². The van der Waals surface area contributed by atoms with Gasteiger partial charge in [-0.25, -0.2) is 4.39 Å². The first-order chi connectivity index (χ1) is 11.1. The third-order valence-electron chi connectivity index (χ3n) is 4.51. The zero-order chi connectivity index (χ0) is 16.0. The topological polar surface area (TPSA) is 66.6 Å². The van der Waals surface area contributed by atoms with Gasteiger partial charge in [0.2, 0.25) is 5.76 Å². The Bertz CT molecular complexity index is 741. The molecule has 1 saturated heterocycles. The molecule has 23 heavy (non-hydrogen) atoms. The first-order valence-electron chi connectivity index (χ1n) is 7.83. The normalized spacial score (nSPS) is 24.2. The summed E-state index contributed by atoms with van der Waals surface area (Å²) in [4.78, 5) is 14.2. The molecule has 4 rings (SSSR count). The number of amides is 1. The molecule has 2 aromatic rings. The molecule has 1 saturated carbocycles. The minimum Gasteiger partial charge on any atom is -0.391 e. The molecule has 1 aromatic carbocycles. The molecule has 2 aliphatic rings. The standard InChI is InChI=1S/C17H17FN2O3/c18-12-3-1-2-11(6-12)15-7-13(21)9-20(15)17(22)16-8-14(19-23-16)10-4-5-10/h1-3,6,8,10,13,15,21H,4-5,7,9H2. The number of aliphatic hydroxyl groups excluding tert-OH is 1. The van der Waals surface area contributed by atoms with Crippen molar-refractivity contribution in [2.45, 2.75) is 37.3 Å². The van der Waals surface area contributed by atoms with Gasteiger partial charge in [-0.1, -0.05) is 17.3 Å². The van der Waals surface area contributed by atoms with Gasteiger partial charge in [0.1, 0.15) is 5.82 Å². The van der Waals surface area contributed by atoms with Crippen molar-refractivity contribution in [3.8, 4) is 0 Å². The molecule has 2 atom stereocenters. The van der Waals surface area contributed by atoms with E-state index in [1.165, 1.54) is 17.0 Å². The number of hydrogen-bond donors (Lipinski definition) is 1. The summed E-state index contributed by atoms with van der Waals surface area (Å²) in [6.45, 7) is 0.208. The van der Waals surface area contributed by atoms with E-state index >= 15 is 0 Å². The number of nitrogens with zero attached hydrogens (tertiary/aromatic N) is 2. The van der Waals surface area contributed by atoms with Gasteiger partial charge in [0.15, 0.2) is 0 Å². The number of benzene rings is 1. The molecule has 0 bridgehead atoms. The van der Waals surface area contributed by atoms with Crippen LogP contribution in [0.15, 0.2) is 34.9 Å². The highest BCUT2D eigenvalue weighted by Crippen LogP contribution is 2.40. The minimum atomic E-state index is -0.627. The molecule has 0 spiro atoms. The third kappa shape index (κ3) is 2.74. The SMILES string of the molecule is O=C(c1cc(C2CC2)no1)N1CC(O)CC1c1cccc(F)c1. The summed E-state index contributed by atoms with van der Waals surface area (Å²) in [5.74, 6) is -0.0759. The van der Waals surface area contributed by atoms with Gasteiger partial charge in [0.05, 0.1) is 17.8 Å². The van der Waals surface area contributed by atoms with Crippen molar-refractivity contribution in [3.63, 3.8) is 0 Å². The van der Waals surface area contributed by atoms with Gasteiger partial charge < -0.3 is 14.5 Å². The molecule has 0 radical (unpaired) electrons. The third-order valence-corrected chi connectivity index (χ3v) is 4.51. The average molecular weight is 316 g/mol. The van der Waals surface area contributed by atoms with E-state index in [2.05, 4.69) is 5.16 Å². The van der Waals surface area contributed by atoms with Crippen LogP contribution in [0.2, 0.25) is 0 Å². The van der Waals surface area contributed by atoms with Crippen LogP contribution in [0.3, 0.4) is 0 Å². The Morgan fingerprint density at radius 1 is 1.35 bits per heavy atom. The predicted octanol–water partition coefficient (Wildman–Crippen LogP) is 2.64. The number of likely N-dealkylation sites (tertiary alicyclic amines) is 1. The highest BCUT2D eigenvalue weighted by atomic mass is 19.1. The summed E-state index contributed by atoms with van der Waals surface area (Å²) in [6, 6.07) is 7.47. The molecular formula is C17H17FN2O3. The maximum absolute atomic E-state index is 13.5. The van der Waals surface area contributed by atoms with Crippen molar-refractivity contribution in [1.82, 2.24) is 10.1 Å². The number of aliphatic hydroxyl groups is 1. The van der Waals surface area contributed by atoms with Crippen LogP contribution in [0.5, 0.6) is 0 Å². The number of hydrogen-bond acceptors (Lipinski definition) is 4. The largest absolute Gasteiger partial charge is 0.391 e. The Kier molecular flexibility index (Phi) is 3.41. The summed E-state index contributed by atoms with van der Waals surface area (Å²) >= 11 is 0. The van der Waals surface area contributed by atoms with Gasteiger partial charge in [-0.3, -0.25) is 4.79 Å². The maximum atomic E-state index is 13.5. The van der Waals surface area contributed by atoms with E-state index in [-0.39, 0.29) is 30.1 Å². The van der Waals surface area contributed by atoms with Crippen molar-refractivity contribution >= 4 is 5.91 Å². The van der Waals surface area contributed by atoms with Crippen molar-refractivity contribution in [3.05, 3.63) is 53.2 Å². The van der Waals surface area contributed by atoms with Crippen LogP contribution in [-0.4, -0.2) is 33.7 Å². The van der Waals surface area contributed by atoms with Crippen molar-refractivity contribution in [2.75, 3.05) is 6.54 Å². The molecule has 120 valence electrons. The van der Waals surface area contributed by atoms with Gasteiger partial charge in [0, 0.05) is 18.5 Å². The van der Waals surface area contributed by atoms with Gasteiger partial charge in [-0.2, -0.15) is 0 Å². The fourth-order valence-corrected chi connectivity index (χ4v) is 3.17. The molecule has 1 aromatic heterocycles. The Morgan fingerprint density at radius 3 is 2.91 bits per heavy atom. The number of β-amino-alcohol motifs (C(OH)–C–C–N with tert-alkyl or cyclic N) is 1. The Labute approximate surface area is 132 Å². The summed E-state index contributed by atoms with van der Waals surface area (Å²) < 4.78 is 18.7. The quantitative estimate of drug-likeness (QED) is 0.945. The van der Waals surface area contributed by atoms with Crippen LogP contribution in [0.4, 0.5) is 4.39 Å². The molecule has 1 aliphatic carbocycles. The van der Waals surface area contributed by atoms with E-state index in [4.69, 9.17) is 4.52 Å². The number of aromatic nitrogens is 1. The first kappa shape index (κ1) is 14.4. The monoisotopic (exact) mass is 316 g/mol. The van der Waals surface area contributed by atoms with Gasteiger partial charge in [0.25, 0.3) is 5.91 Å². The lowest BCUT2D eigenvalue weighted by Gasteiger charge is -2.23. The van der Waals surface area contributed by atoms with Gasteiger partial charge >= 0.3 is 0 Å². The lowest BCUT2D eigenvalue weighted by molar-refractivity contribution is 0.0673. The molecule has 2 fully saturated rings. The van der Waals surface area contributed by atoms with E-state index in [0.29, 0.717) is 17.9 Å². The summed E-state index contributed by atoms with van der Waals surface area (Å²) in [5, 5.41) is 13.9. The van der Waals surface area contributed by atoms with Gasteiger partial charge in [-0.05, 0) is 37.0 Å². The molecule has 1 N–H and O–H groups in total. The van der Waals surface area contributed by atoms with Crippen LogP contribution in [-0.2, 0) is 0 Å². The van der Waals surface area contributed by atoms with E-state index in [1.54, 1.807) is 18.2 Å². The number of carbonyl (C=O) groups excluding carboxylic acids is 1. The zero-order valence-electron chi connectivity index (χ0n) is 12.5. The second kappa shape index (κ2) is 5.45. The Hall–Kier alpha value is -2.21. The maximum Gasteiger partial charge on any atom is 0.293 e. The van der Waals surface area contributed by atoms with E-state index in [1.807, 2.05) is 0 Å². The predicted molar refractivity (Wildman–Crippen MR) is 79.3 cm³/mol. The smallest absolute Gasteiger partial charge is 0.293 e. The van der Waals surface area contributed by atoms with Crippen molar-refractivity contribution in [2.24, 2.45) is 0 Å². The van der Waals surface area contributed by atoms with Crippen molar-refractivity contribution in [1.29, 1.82) is 0 Å². The first-order valence-corrected chi connectivity index (χ1v) is 7.83. The van der Waals surface area contributed by atoms with E-state index in [9.17, 15) is 14.3 Å². The summed E-state index contributed by atoms with van der Waals surface area (Å²) in [7, 11) is 0. The van der Waals surface area contributed by atoms with Crippen molar-refractivity contribution < 1.29 is 18.8 Å². The zero-order valence-corrected chi connectivity index (χ0v) is 12.5. The second-order valence-corrected chi connectivity index (χ2v) is 6.31. The molecule has 2 heterocycles. The number of carbonyl (C=O) groups is 1. The lowest BCUT2D eigenvalue weighted by Crippen LogP contribution is -2.31. The minimum absolute atomic E-state index is 0.183. The number of halogens is 1. The Balaban J connectivity index is 1.60. The Morgan fingerprint density at radius 2 is 2.17 bits per heavy atom. The van der Waals surface area contributed by atoms with Crippen LogP contribution in [0, 0.1) is 5.82 Å². The van der Waals surface area contributed by atoms with E-state index < -0.39 is 6.10 Å². The summed E-state index contributed by atoms with van der Waals surface area (Å²) in [5.41, 5.74) is 1.49. The highest BCUT2D eigenvalue weighted by Gasteiger charge is 2.38. The fraction of sp³-hybridized carbons (Fsp3) is 0.412. The van der Waals surface area contributed by atoms with Crippen LogP contribution in [0.25, 0.3) is 0 Å². The molecule has 6 heteroatoms.